The van der Waals surface area contributed by atoms with E-state index in [4.69, 9.17) is 0 Å². The van der Waals surface area contributed by atoms with Gasteiger partial charge in [0.05, 0.1) is 0 Å². The van der Waals surface area contributed by atoms with Gasteiger partial charge in [-0.05, 0) is 37.0 Å². The minimum Gasteiger partial charge on any atom is -0.373 e. The lowest BCUT2D eigenvalue weighted by Crippen LogP contribution is -2.67. The molecule has 1 fully saturated rings. The highest BCUT2D eigenvalue weighted by Crippen LogP contribution is 2.59. The Morgan fingerprint density at radius 2 is 0.806 bits per heavy atom. The lowest BCUT2D eigenvalue weighted by molar-refractivity contribution is -0.405. The van der Waals surface area contributed by atoms with Crippen LogP contribution in [0, 0.1) is 29.6 Å². The molecule has 0 bridgehead atoms. The van der Waals surface area contributed by atoms with Gasteiger partial charge in [0.1, 0.15) is 0 Å². The van der Waals surface area contributed by atoms with Gasteiger partial charge in [-0.25, -0.2) is 0 Å². The SMILES string of the molecule is CC(C)C(C)C1CC(C(O)(C(F)(F)F)C(F)(F)F)CC(C(O)(C(F)(F)F)C(F)(F)F)C1. The molecule has 1 rings (SSSR count). The molecule has 3 atom stereocenters. The predicted molar refractivity (Wildman–Crippen MR) is 82.4 cm³/mol. The number of aliphatic hydroxyl groups is 2. The Balaban J connectivity index is 3.70. The molecule has 0 aromatic rings. The van der Waals surface area contributed by atoms with Gasteiger partial charge in [-0.3, -0.25) is 0 Å². The first kappa shape index (κ1) is 28.1. The van der Waals surface area contributed by atoms with Crippen LogP contribution in [0.25, 0.3) is 0 Å². The Bertz CT molecular complexity index is 543. The molecule has 2 nitrogen and oxygen atoms in total. The number of hydrogen-bond donors (Lipinski definition) is 2. The van der Waals surface area contributed by atoms with Crippen LogP contribution in [0.5, 0.6) is 0 Å². The first-order chi connectivity index (χ1) is 13.4. The first-order valence-corrected chi connectivity index (χ1v) is 9.14. The molecule has 0 amide bonds. The minimum atomic E-state index is -6.43. The summed E-state index contributed by atoms with van der Waals surface area (Å²) in [6.07, 6.45) is -30.0. The van der Waals surface area contributed by atoms with Crippen LogP contribution in [0.3, 0.4) is 0 Å². The van der Waals surface area contributed by atoms with E-state index in [0.717, 1.165) is 0 Å². The first-order valence-electron chi connectivity index (χ1n) is 9.14. The molecular formula is C17H22F12O2. The van der Waals surface area contributed by atoms with E-state index in [1.165, 1.54) is 20.8 Å². The average molecular weight is 486 g/mol. The molecule has 186 valence electrons. The summed E-state index contributed by atoms with van der Waals surface area (Å²) in [5, 5.41) is 19.3. The summed E-state index contributed by atoms with van der Waals surface area (Å²) < 4.78 is 159. The predicted octanol–water partition coefficient (Wildman–Crippen LogP) is 6.02. The average Bonchev–Trinajstić information content (AvgIpc) is 2.54. The molecule has 0 heterocycles. The molecule has 0 radical (unpaired) electrons. The lowest BCUT2D eigenvalue weighted by Gasteiger charge is -2.50. The number of alkyl halides is 12. The summed E-state index contributed by atoms with van der Waals surface area (Å²) in [7, 11) is 0. The van der Waals surface area contributed by atoms with Gasteiger partial charge in [0.2, 0.25) is 0 Å². The quantitative estimate of drug-likeness (QED) is 0.477. The number of hydrogen-bond acceptors (Lipinski definition) is 2. The minimum absolute atomic E-state index is 0.529. The topological polar surface area (TPSA) is 40.5 Å². The van der Waals surface area contributed by atoms with Crippen LogP contribution in [0.15, 0.2) is 0 Å². The van der Waals surface area contributed by atoms with E-state index in [1.54, 1.807) is 0 Å². The lowest BCUT2D eigenvalue weighted by atomic mass is 9.60. The fraction of sp³-hybridized carbons (Fsp3) is 1.00. The van der Waals surface area contributed by atoms with Crippen LogP contribution in [0.1, 0.15) is 40.0 Å². The van der Waals surface area contributed by atoms with Crippen molar-refractivity contribution in [3.63, 3.8) is 0 Å². The van der Waals surface area contributed by atoms with Crippen LogP contribution < -0.4 is 0 Å². The van der Waals surface area contributed by atoms with E-state index in [1.807, 2.05) is 0 Å². The molecule has 0 saturated heterocycles. The largest absolute Gasteiger partial charge is 0.426 e. The second-order valence-corrected chi connectivity index (χ2v) is 8.49. The van der Waals surface area contributed by atoms with Gasteiger partial charge >= 0.3 is 24.7 Å². The standard InChI is InChI=1S/C17H22F12O2/c1-7(2)8(3)9-4-10(12(30,14(18,19)20)15(21,22)23)6-11(5-9)13(31,16(24,25)26)17(27,28)29/h7-11,30-31H,4-6H2,1-3H3. The molecule has 14 heteroatoms. The summed E-state index contributed by atoms with van der Waals surface area (Å²) >= 11 is 0. The monoisotopic (exact) mass is 486 g/mol. The summed E-state index contributed by atoms with van der Waals surface area (Å²) in [4.78, 5) is 0. The number of halogens is 12. The summed E-state index contributed by atoms with van der Waals surface area (Å²) in [6.45, 7) is 4.13. The molecule has 0 aliphatic heterocycles. The Morgan fingerprint density at radius 1 is 0.548 bits per heavy atom. The van der Waals surface area contributed by atoms with Gasteiger partial charge < -0.3 is 10.2 Å². The fourth-order valence-corrected chi connectivity index (χ4v) is 4.27. The van der Waals surface area contributed by atoms with Crippen molar-refractivity contribution >= 4 is 0 Å². The Hall–Kier alpha value is -0.920. The molecule has 0 aromatic heterocycles. The number of rotatable bonds is 4. The van der Waals surface area contributed by atoms with E-state index >= 15 is 0 Å². The second-order valence-electron chi connectivity index (χ2n) is 8.49. The van der Waals surface area contributed by atoms with Gasteiger partial charge in [-0.15, -0.1) is 0 Å². The van der Waals surface area contributed by atoms with E-state index in [-0.39, 0.29) is 0 Å². The highest BCUT2D eigenvalue weighted by atomic mass is 19.4. The Morgan fingerprint density at radius 3 is 1.00 bits per heavy atom. The maximum Gasteiger partial charge on any atom is 0.426 e. The Labute approximate surface area is 169 Å². The van der Waals surface area contributed by atoms with Crippen molar-refractivity contribution in [1.29, 1.82) is 0 Å². The van der Waals surface area contributed by atoms with Gasteiger partial charge in [-0.1, -0.05) is 20.8 Å². The summed E-state index contributed by atoms with van der Waals surface area (Å²) in [5.74, 6) is -9.10. The van der Waals surface area contributed by atoms with Crippen LogP contribution in [-0.2, 0) is 0 Å². The molecule has 2 N–H and O–H groups in total. The summed E-state index contributed by atoms with van der Waals surface area (Å²) in [5.41, 5.74) is -11.1. The second kappa shape index (κ2) is 8.14. The molecule has 1 saturated carbocycles. The molecule has 1 aliphatic carbocycles. The van der Waals surface area contributed by atoms with E-state index < -0.39 is 84.8 Å². The van der Waals surface area contributed by atoms with Crippen LogP contribution in [0.2, 0.25) is 0 Å². The molecular weight excluding hydrogens is 464 g/mol. The smallest absolute Gasteiger partial charge is 0.373 e. The fourth-order valence-electron chi connectivity index (χ4n) is 4.27. The highest BCUT2D eigenvalue weighted by molar-refractivity contribution is 5.08. The van der Waals surface area contributed by atoms with Crippen molar-refractivity contribution in [3.05, 3.63) is 0 Å². The molecule has 31 heavy (non-hydrogen) atoms. The van der Waals surface area contributed by atoms with Crippen molar-refractivity contribution in [3.8, 4) is 0 Å². The van der Waals surface area contributed by atoms with Gasteiger partial charge in [0.15, 0.2) is 0 Å². The van der Waals surface area contributed by atoms with Crippen molar-refractivity contribution in [1.82, 2.24) is 0 Å². The van der Waals surface area contributed by atoms with Crippen molar-refractivity contribution in [2.45, 2.75) is 75.9 Å². The van der Waals surface area contributed by atoms with Crippen molar-refractivity contribution in [2.24, 2.45) is 29.6 Å². The normalized spacial score (nSPS) is 26.3. The highest BCUT2D eigenvalue weighted by Gasteiger charge is 2.78. The van der Waals surface area contributed by atoms with Gasteiger partial charge in [-0.2, -0.15) is 52.7 Å². The van der Waals surface area contributed by atoms with E-state index in [0.29, 0.717) is 0 Å². The van der Waals surface area contributed by atoms with Crippen LogP contribution >= 0.6 is 0 Å². The molecule has 0 spiro atoms. The van der Waals surface area contributed by atoms with Crippen LogP contribution in [0.4, 0.5) is 52.7 Å². The third-order valence-electron chi connectivity index (χ3n) is 6.45. The third-order valence-corrected chi connectivity index (χ3v) is 6.45. The zero-order chi connectivity index (χ0) is 25.0. The zero-order valence-corrected chi connectivity index (χ0v) is 16.4. The molecule has 0 aromatic carbocycles. The van der Waals surface area contributed by atoms with E-state index in [9.17, 15) is 62.9 Å². The van der Waals surface area contributed by atoms with E-state index in [2.05, 4.69) is 0 Å². The van der Waals surface area contributed by atoms with Gasteiger partial charge in [0.25, 0.3) is 11.2 Å². The van der Waals surface area contributed by atoms with Gasteiger partial charge in [0, 0.05) is 11.8 Å². The Kier molecular flexibility index (Phi) is 7.38. The maximum atomic E-state index is 13.3. The zero-order valence-electron chi connectivity index (χ0n) is 16.4. The molecule has 3 unspecified atom stereocenters. The van der Waals surface area contributed by atoms with Crippen LogP contribution in [-0.4, -0.2) is 46.1 Å². The van der Waals surface area contributed by atoms with Crippen molar-refractivity contribution < 1.29 is 62.9 Å². The molecule has 1 aliphatic rings. The third kappa shape index (κ3) is 4.74. The van der Waals surface area contributed by atoms with Crippen molar-refractivity contribution in [2.75, 3.05) is 0 Å². The summed E-state index contributed by atoms with van der Waals surface area (Å²) in [6, 6.07) is 0. The maximum absolute atomic E-state index is 13.3.